The number of benzene rings is 1. The van der Waals surface area contributed by atoms with Crippen molar-refractivity contribution in [1.29, 1.82) is 0 Å². The van der Waals surface area contributed by atoms with Crippen LogP contribution in [0.4, 0.5) is 4.39 Å². The number of hydrogen-bond acceptors (Lipinski definition) is 6. The molecule has 0 bridgehead atoms. The minimum absolute atomic E-state index is 0.240. The van der Waals surface area contributed by atoms with E-state index in [1.165, 1.54) is 12.1 Å². The Morgan fingerprint density at radius 3 is 2.89 bits per heavy atom. The molecule has 1 aromatic carbocycles. The number of carboxylic acids is 1. The first kappa shape index (κ1) is 18.0. The van der Waals surface area contributed by atoms with Crippen molar-refractivity contribution in [2.45, 2.75) is 44.5 Å². The minimum Gasteiger partial charge on any atom is -0.479 e. The molecule has 2 aliphatic rings. The van der Waals surface area contributed by atoms with Gasteiger partial charge in [-0.3, -0.25) is 0 Å². The van der Waals surface area contributed by atoms with Gasteiger partial charge in [0.15, 0.2) is 12.4 Å². The lowest BCUT2D eigenvalue weighted by atomic mass is 9.85. The highest BCUT2D eigenvalue weighted by molar-refractivity contribution is 5.73. The number of hydrogen-bond donors (Lipinski definition) is 1. The highest BCUT2D eigenvalue weighted by Gasteiger charge is 2.51. The maximum Gasteiger partial charge on any atom is 0.333 e. The zero-order valence-corrected chi connectivity index (χ0v) is 14.9. The summed E-state index contributed by atoms with van der Waals surface area (Å²) < 4.78 is 32.2. The summed E-state index contributed by atoms with van der Waals surface area (Å²) in [6, 6.07) is 5.65. The smallest absolute Gasteiger partial charge is 0.333 e. The van der Waals surface area contributed by atoms with Crippen LogP contribution in [0.3, 0.4) is 0 Å². The van der Waals surface area contributed by atoms with E-state index in [1.54, 1.807) is 36.9 Å². The van der Waals surface area contributed by atoms with Crippen molar-refractivity contribution in [2.24, 2.45) is 5.92 Å². The molecular formula is C18H20FN3O5. The van der Waals surface area contributed by atoms with Crippen LogP contribution in [0.25, 0.3) is 11.3 Å². The van der Waals surface area contributed by atoms with E-state index in [2.05, 4.69) is 10.3 Å². The predicted molar refractivity (Wildman–Crippen MR) is 90.2 cm³/mol. The van der Waals surface area contributed by atoms with Crippen molar-refractivity contribution in [3.63, 3.8) is 0 Å². The fourth-order valence-electron chi connectivity index (χ4n) is 3.76. The predicted octanol–water partition coefficient (Wildman–Crippen LogP) is 1.87. The molecule has 4 rings (SSSR count). The number of aromatic nitrogens is 3. The SMILES string of the molecule is CC1OC[C@H]2O[C@@H](C(=O)O)[C@H](C)[C@@H](n3cc(-c4cccc(F)c4)nn3)[C@H]2O1. The molecule has 2 aromatic rings. The fourth-order valence-corrected chi connectivity index (χ4v) is 3.76. The summed E-state index contributed by atoms with van der Waals surface area (Å²) in [4.78, 5) is 11.7. The Kier molecular flexibility index (Phi) is 4.67. The van der Waals surface area contributed by atoms with Gasteiger partial charge in [0.2, 0.25) is 0 Å². The number of rotatable bonds is 3. The zero-order chi connectivity index (χ0) is 19.1. The van der Waals surface area contributed by atoms with Gasteiger partial charge in [-0.25, -0.2) is 13.9 Å². The summed E-state index contributed by atoms with van der Waals surface area (Å²) in [5.74, 6) is -1.83. The van der Waals surface area contributed by atoms with Gasteiger partial charge in [0, 0.05) is 11.5 Å². The van der Waals surface area contributed by atoms with Crippen LogP contribution in [0, 0.1) is 11.7 Å². The molecule has 0 saturated carbocycles. The summed E-state index contributed by atoms with van der Waals surface area (Å²) in [7, 11) is 0. The Balaban J connectivity index is 1.69. The number of aliphatic carboxylic acids is 1. The third kappa shape index (κ3) is 3.33. The van der Waals surface area contributed by atoms with Gasteiger partial charge in [0.1, 0.15) is 23.7 Å². The van der Waals surface area contributed by atoms with Crippen LogP contribution in [0.15, 0.2) is 30.5 Å². The molecule has 0 amide bonds. The molecule has 0 radical (unpaired) electrons. The number of fused-ring (bicyclic) bond motifs is 1. The van der Waals surface area contributed by atoms with E-state index in [9.17, 15) is 14.3 Å². The second kappa shape index (κ2) is 6.99. The van der Waals surface area contributed by atoms with Gasteiger partial charge < -0.3 is 19.3 Å². The highest BCUT2D eigenvalue weighted by Crippen LogP contribution is 2.39. The molecule has 2 saturated heterocycles. The summed E-state index contributed by atoms with van der Waals surface area (Å²) >= 11 is 0. The summed E-state index contributed by atoms with van der Waals surface area (Å²) in [6.07, 6.45) is -0.719. The van der Waals surface area contributed by atoms with E-state index in [0.29, 0.717) is 11.3 Å². The van der Waals surface area contributed by atoms with Crippen LogP contribution in [0.1, 0.15) is 19.9 Å². The van der Waals surface area contributed by atoms with Gasteiger partial charge in [-0.2, -0.15) is 0 Å². The Bertz CT molecular complexity index is 844. The topological polar surface area (TPSA) is 95.7 Å². The first-order chi connectivity index (χ1) is 12.9. The van der Waals surface area contributed by atoms with E-state index in [4.69, 9.17) is 14.2 Å². The fraction of sp³-hybridized carbons (Fsp3) is 0.500. The van der Waals surface area contributed by atoms with E-state index >= 15 is 0 Å². The molecule has 0 aliphatic carbocycles. The standard InChI is InChI=1S/C18H20FN3O5/c1-9-15(17-14(8-25-10(2)26-17)27-16(9)18(23)24)22-7-13(20-21-22)11-4-3-5-12(19)6-11/h3-7,9-10,14-17H,8H2,1-2H3,(H,23,24)/t9-,10?,14-,15-,16-,17+/m1/s1. The van der Waals surface area contributed by atoms with Crippen molar-refractivity contribution < 1.29 is 28.5 Å². The molecule has 9 heteroatoms. The average molecular weight is 377 g/mol. The van der Waals surface area contributed by atoms with Crippen LogP contribution in [0.5, 0.6) is 0 Å². The van der Waals surface area contributed by atoms with E-state index in [0.717, 1.165) is 0 Å². The Morgan fingerprint density at radius 1 is 1.33 bits per heavy atom. The van der Waals surface area contributed by atoms with Gasteiger partial charge in [-0.15, -0.1) is 5.10 Å². The third-order valence-corrected chi connectivity index (χ3v) is 5.06. The second-order valence-electron chi connectivity index (χ2n) is 6.88. The molecule has 2 fully saturated rings. The molecule has 1 aromatic heterocycles. The van der Waals surface area contributed by atoms with Gasteiger partial charge in [0.25, 0.3) is 0 Å². The van der Waals surface area contributed by atoms with Crippen molar-refractivity contribution in [1.82, 2.24) is 15.0 Å². The molecule has 3 heterocycles. The van der Waals surface area contributed by atoms with Gasteiger partial charge >= 0.3 is 5.97 Å². The van der Waals surface area contributed by atoms with Crippen molar-refractivity contribution in [3.05, 3.63) is 36.3 Å². The van der Waals surface area contributed by atoms with Crippen molar-refractivity contribution >= 4 is 5.97 Å². The molecular weight excluding hydrogens is 357 g/mol. The minimum atomic E-state index is -1.05. The number of carboxylic acid groups (broad SMARTS) is 1. The van der Waals surface area contributed by atoms with Crippen LogP contribution >= 0.6 is 0 Å². The largest absolute Gasteiger partial charge is 0.479 e. The lowest BCUT2D eigenvalue weighted by Gasteiger charge is -2.47. The summed E-state index contributed by atoms with van der Waals surface area (Å²) in [6.45, 7) is 3.80. The first-order valence-electron chi connectivity index (χ1n) is 8.77. The van der Waals surface area contributed by atoms with E-state index in [-0.39, 0.29) is 12.4 Å². The van der Waals surface area contributed by atoms with E-state index in [1.807, 2.05) is 0 Å². The van der Waals surface area contributed by atoms with Crippen LogP contribution < -0.4 is 0 Å². The maximum atomic E-state index is 13.5. The van der Waals surface area contributed by atoms with Crippen molar-refractivity contribution in [3.8, 4) is 11.3 Å². The van der Waals surface area contributed by atoms with Crippen LogP contribution in [-0.2, 0) is 19.0 Å². The first-order valence-corrected chi connectivity index (χ1v) is 8.77. The Morgan fingerprint density at radius 2 is 2.15 bits per heavy atom. The normalized spacial score (nSPS) is 33.4. The maximum absolute atomic E-state index is 13.5. The second-order valence-corrected chi connectivity index (χ2v) is 6.88. The molecule has 144 valence electrons. The number of halogens is 1. The third-order valence-electron chi connectivity index (χ3n) is 5.06. The number of ether oxygens (including phenoxy) is 3. The highest BCUT2D eigenvalue weighted by atomic mass is 19.1. The molecule has 6 atom stereocenters. The molecule has 1 unspecified atom stereocenters. The number of nitrogens with zero attached hydrogens (tertiary/aromatic N) is 3. The lowest BCUT2D eigenvalue weighted by molar-refractivity contribution is -0.298. The van der Waals surface area contributed by atoms with E-state index < -0.39 is 42.5 Å². The number of carbonyl (C=O) groups is 1. The van der Waals surface area contributed by atoms with Crippen molar-refractivity contribution in [2.75, 3.05) is 6.61 Å². The summed E-state index contributed by atoms with van der Waals surface area (Å²) in [5.41, 5.74) is 1.09. The average Bonchev–Trinajstić information content (AvgIpc) is 3.10. The molecule has 0 spiro atoms. The van der Waals surface area contributed by atoms with Gasteiger partial charge in [-0.1, -0.05) is 24.3 Å². The monoisotopic (exact) mass is 377 g/mol. The molecule has 1 N–H and O–H groups in total. The quantitative estimate of drug-likeness (QED) is 0.872. The van der Waals surface area contributed by atoms with Crippen LogP contribution in [0.2, 0.25) is 0 Å². The van der Waals surface area contributed by atoms with Gasteiger partial charge in [-0.05, 0) is 19.1 Å². The zero-order valence-electron chi connectivity index (χ0n) is 14.9. The molecule has 27 heavy (non-hydrogen) atoms. The molecule has 8 nitrogen and oxygen atoms in total. The Hall–Kier alpha value is -2.36. The molecule has 2 aliphatic heterocycles. The van der Waals surface area contributed by atoms with Gasteiger partial charge in [0.05, 0.1) is 18.8 Å². The summed E-state index contributed by atoms with van der Waals surface area (Å²) in [5, 5.41) is 17.9. The Labute approximate surface area is 154 Å². The lowest BCUT2D eigenvalue weighted by Crippen LogP contribution is -2.59. The van der Waals surface area contributed by atoms with Crippen LogP contribution in [-0.4, -0.2) is 57.3 Å².